The van der Waals surface area contributed by atoms with E-state index in [-0.39, 0.29) is 0 Å². The van der Waals surface area contributed by atoms with Crippen LogP contribution in [0.5, 0.6) is 5.75 Å². The summed E-state index contributed by atoms with van der Waals surface area (Å²) in [6, 6.07) is 5.59. The highest BCUT2D eigenvalue weighted by molar-refractivity contribution is 7.99. The standard InChI is InChI=1S/C20H32ClNO2S/c1-3-4-5-6-7-12-24-19-9-8-17(21)15-18(19)20(2,23)16-22-10-13-25-14-11-22/h8-9,15,23H,3-7,10-14,16H2,1-2H3. The van der Waals surface area contributed by atoms with Crippen LogP contribution in [0.25, 0.3) is 0 Å². The summed E-state index contributed by atoms with van der Waals surface area (Å²) in [6.07, 6.45) is 6.04. The fourth-order valence-electron chi connectivity index (χ4n) is 3.22. The summed E-state index contributed by atoms with van der Waals surface area (Å²) in [5.41, 5.74) is -0.170. The molecule has 1 unspecified atom stereocenters. The average molecular weight is 386 g/mol. The van der Waals surface area contributed by atoms with Crippen LogP contribution in [0.3, 0.4) is 0 Å². The summed E-state index contributed by atoms with van der Waals surface area (Å²) in [7, 11) is 0. The molecule has 0 aliphatic carbocycles. The van der Waals surface area contributed by atoms with E-state index in [2.05, 4.69) is 11.8 Å². The number of aliphatic hydroxyl groups is 1. The second kappa shape index (κ2) is 10.7. The van der Waals surface area contributed by atoms with Crippen LogP contribution in [0.1, 0.15) is 51.5 Å². The summed E-state index contributed by atoms with van der Waals surface area (Å²) in [5, 5.41) is 11.8. The number of hydrogen-bond donors (Lipinski definition) is 1. The lowest BCUT2D eigenvalue weighted by Crippen LogP contribution is -2.43. The van der Waals surface area contributed by atoms with Gasteiger partial charge in [0.2, 0.25) is 0 Å². The Balaban J connectivity index is 1.98. The third-order valence-corrected chi connectivity index (χ3v) is 5.84. The lowest BCUT2D eigenvalue weighted by molar-refractivity contribution is 0.0163. The number of ether oxygens (including phenoxy) is 1. The summed E-state index contributed by atoms with van der Waals surface area (Å²) in [5.74, 6) is 3.02. The first-order valence-electron chi connectivity index (χ1n) is 9.48. The predicted molar refractivity (Wildman–Crippen MR) is 109 cm³/mol. The summed E-state index contributed by atoms with van der Waals surface area (Å²) >= 11 is 8.18. The molecule has 25 heavy (non-hydrogen) atoms. The largest absolute Gasteiger partial charge is 0.493 e. The van der Waals surface area contributed by atoms with Crippen molar-refractivity contribution >= 4 is 23.4 Å². The molecule has 1 N–H and O–H groups in total. The number of unbranched alkanes of at least 4 members (excludes halogenated alkanes) is 4. The Bertz CT molecular complexity index is 518. The second-order valence-electron chi connectivity index (χ2n) is 7.07. The minimum Gasteiger partial charge on any atom is -0.493 e. The lowest BCUT2D eigenvalue weighted by atomic mass is 9.94. The van der Waals surface area contributed by atoms with Crippen molar-refractivity contribution in [3.8, 4) is 5.75 Å². The van der Waals surface area contributed by atoms with Gasteiger partial charge in [0.1, 0.15) is 11.4 Å². The normalized spacial score (nSPS) is 18.1. The van der Waals surface area contributed by atoms with Crippen LogP contribution in [0.15, 0.2) is 18.2 Å². The van der Waals surface area contributed by atoms with E-state index in [0.717, 1.165) is 42.3 Å². The molecule has 3 nitrogen and oxygen atoms in total. The highest BCUT2D eigenvalue weighted by Crippen LogP contribution is 2.33. The number of thioether (sulfide) groups is 1. The van der Waals surface area contributed by atoms with E-state index < -0.39 is 5.60 Å². The van der Waals surface area contributed by atoms with Crippen molar-refractivity contribution in [1.82, 2.24) is 4.90 Å². The Morgan fingerprint density at radius 2 is 1.92 bits per heavy atom. The van der Waals surface area contributed by atoms with E-state index in [1.807, 2.05) is 36.9 Å². The van der Waals surface area contributed by atoms with Crippen molar-refractivity contribution in [3.05, 3.63) is 28.8 Å². The van der Waals surface area contributed by atoms with Gasteiger partial charge in [-0.05, 0) is 31.5 Å². The van der Waals surface area contributed by atoms with Crippen molar-refractivity contribution in [3.63, 3.8) is 0 Å². The first-order valence-corrected chi connectivity index (χ1v) is 11.0. The van der Waals surface area contributed by atoms with Gasteiger partial charge in [0, 0.05) is 41.7 Å². The van der Waals surface area contributed by atoms with Crippen LogP contribution in [0.2, 0.25) is 5.02 Å². The molecule has 0 aromatic heterocycles. The van der Waals surface area contributed by atoms with Crippen LogP contribution in [0, 0.1) is 0 Å². The van der Waals surface area contributed by atoms with Crippen LogP contribution in [0.4, 0.5) is 0 Å². The van der Waals surface area contributed by atoms with Crippen LogP contribution in [-0.4, -0.2) is 47.8 Å². The van der Waals surface area contributed by atoms with E-state index >= 15 is 0 Å². The third-order valence-electron chi connectivity index (χ3n) is 4.66. The smallest absolute Gasteiger partial charge is 0.125 e. The molecule has 0 amide bonds. The van der Waals surface area contributed by atoms with Crippen molar-refractivity contribution < 1.29 is 9.84 Å². The van der Waals surface area contributed by atoms with Crippen LogP contribution >= 0.6 is 23.4 Å². The van der Waals surface area contributed by atoms with Crippen molar-refractivity contribution in [2.24, 2.45) is 0 Å². The van der Waals surface area contributed by atoms with Crippen LogP contribution in [-0.2, 0) is 5.60 Å². The third kappa shape index (κ3) is 7.01. The van der Waals surface area contributed by atoms with Crippen molar-refractivity contribution in [1.29, 1.82) is 0 Å². The summed E-state index contributed by atoms with van der Waals surface area (Å²) < 4.78 is 6.01. The molecule has 1 saturated heterocycles. The topological polar surface area (TPSA) is 32.7 Å². The van der Waals surface area contributed by atoms with Gasteiger partial charge in [-0.2, -0.15) is 11.8 Å². The van der Waals surface area contributed by atoms with Gasteiger partial charge >= 0.3 is 0 Å². The van der Waals surface area contributed by atoms with Crippen LogP contribution < -0.4 is 4.74 Å². The molecule has 1 fully saturated rings. The fourth-order valence-corrected chi connectivity index (χ4v) is 4.37. The minimum atomic E-state index is -0.968. The predicted octanol–water partition coefficient (Wildman–Crippen LogP) is 4.95. The van der Waals surface area contributed by atoms with Gasteiger partial charge in [-0.25, -0.2) is 0 Å². The number of rotatable bonds is 10. The number of nitrogens with zero attached hydrogens (tertiary/aromatic N) is 1. The zero-order valence-corrected chi connectivity index (χ0v) is 17.2. The van der Waals surface area contributed by atoms with Gasteiger partial charge in [-0.3, -0.25) is 4.90 Å². The summed E-state index contributed by atoms with van der Waals surface area (Å²) in [6.45, 7) is 7.44. The molecule has 1 aliphatic rings. The van der Waals surface area contributed by atoms with Gasteiger partial charge < -0.3 is 9.84 Å². The molecule has 5 heteroatoms. The number of β-amino-alcohol motifs (C(OH)–C–C–N with tert-alkyl or cyclic N) is 1. The SMILES string of the molecule is CCCCCCCOc1ccc(Cl)cc1C(C)(O)CN1CCSCC1. The van der Waals surface area contributed by atoms with E-state index in [1.165, 1.54) is 25.7 Å². The molecule has 1 aromatic carbocycles. The Morgan fingerprint density at radius 3 is 2.64 bits per heavy atom. The molecule has 0 bridgehead atoms. The highest BCUT2D eigenvalue weighted by Gasteiger charge is 2.30. The first-order chi connectivity index (χ1) is 12.0. The Labute approximate surface area is 162 Å². The maximum Gasteiger partial charge on any atom is 0.125 e. The quantitative estimate of drug-likeness (QED) is 0.578. The zero-order valence-electron chi connectivity index (χ0n) is 15.6. The summed E-state index contributed by atoms with van der Waals surface area (Å²) in [4.78, 5) is 2.33. The highest BCUT2D eigenvalue weighted by atomic mass is 35.5. The van der Waals surface area contributed by atoms with Crippen molar-refractivity contribution in [2.45, 2.75) is 51.6 Å². The maximum absolute atomic E-state index is 11.1. The fraction of sp³-hybridized carbons (Fsp3) is 0.700. The van der Waals surface area contributed by atoms with E-state index in [4.69, 9.17) is 16.3 Å². The van der Waals surface area contributed by atoms with Gasteiger partial charge in [0.15, 0.2) is 0 Å². The molecule has 0 spiro atoms. The molecule has 142 valence electrons. The molecule has 0 saturated carbocycles. The minimum absolute atomic E-state index is 0.612. The molecule has 1 aromatic rings. The first kappa shape index (κ1) is 20.9. The molecule has 2 rings (SSSR count). The number of benzene rings is 1. The molecule has 1 aliphatic heterocycles. The molecule has 1 atom stereocenters. The molecule has 1 heterocycles. The maximum atomic E-state index is 11.1. The Morgan fingerprint density at radius 1 is 1.20 bits per heavy atom. The van der Waals surface area contributed by atoms with Gasteiger partial charge in [0.25, 0.3) is 0 Å². The van der Waals surface area contributed by atoms with Gasteiger partial charge in [-0.15, -0.1) is 0 Å². The van der Waals surface area contributed by atoms with E-state index in [0.29, 0.717) is 18.2 Å². The molecule has 0 radical (unpaired) electrons. The molecular formula is C20H32ClNO2S. The van der Waals surface area contributed by atoms with Gasteiger partial charge in [0.05, 0.1) is 6.61 Å². The van der Waals surface area contributed by atoms with Crippen molar-refractivity contribution in [2.75, 3.05) is 37.7 Å². The zero-order chi connectivity index (χ0) is 18.1. The average Bonchev–Trinajstić information content (AvgIpc) is 2.59. The number of halogens is 1. The van der Waals surface area contributed by atoms with E-state index in [1.54, 1.807) is 0 Å². The molecular weight excluding hydrogens is 354 g/mol. The van der Waals surface area contributed by atoms with E-state index in [9.17, 15) is 5.11 Å². The monoisotopic (exact) mass is 385 g/mol. The Kier molecular flexibility index (Phi) is 8.91. The lowest BCUT2D eigenvalue weighted by Gasteiger charge is -2.34. The second-order valence-corrected chi connectivity index (χ2v) is 8.73. The number of hydrogen-bond acceptors (Lipinski definition) is 4. The van der Waals surface area contributed by atoms with Gasteiger partial charge in [-0.1, -0.05) is 44.2 Å². The Hall–Kier alpha value is -0.420.